The molecule has 4 N–H and O–H groups in total. The molecule has 8 nitrogen and oxygen atoms in total. The molecule has 2 aromatic rings. The molecule has 0 saturated carbocycles. The second kappa shape index (κ2) is 7.59. The van der Waals surface area contributed by atoms with Crippen LogP contribution in [-0.4, -0.2) is 29.4 Å². The number of aromatic nitrogens is 1. The number of primary amides is 1. The number of carbonyl (C=O) groups is 3. The molecule has 0 radical (unpaired) electrons. The predicted octanol–water partition coefficient (Wildman–Crippen LogP) is 2.75. The summed E-state index contributed by atoms with van der Waals surface area (Å²) in [7, 11) is 0. The van der Waals surface area contributed by atoms with Crippen molar-refractivity contribution in [2.75, 3.05) is 22.1 Å². The number of benzene rings is 1. The van der Waals surface area contributed by atoms with Crippen molar-refractivity contribution in [2.45, 2.75) is 33.6 Å². The maximum atomic E-state index is 12.3. The first-order chi connectivity index (χ1) is 13.1. The number of thiazole rings is 1. The standard InChI is InChI=1S/C19H23N5O3S/c1-19(2,3)16(26)23-18-22-13(10-28-18)9-15(25)21-12-5-4-11-6-7-24(17(20)27)14(11)8-12/h4-5,8,10H,6-7,9H2,1-3H3,(H2,20,27)(H,21,25)(H,22,23,26). The highest BCUT2D eigenvalue weighted by Crippen LogP contribution is 2.30. The van der Waals surface area contributed by atoms with E-state index < -0.39 is 11.4 Å². The molecule has 1 aromatic heterocycles. The van der Waals surface area contributed by atoms with E-state index in [2.05, 4.69) is 15.6 Å². The topological polar surface area (TPSA) is 117 Å². The van der Waals surface area contributed by atoms with Crippen molar-refractivity contribution in [2.24, 2.45) is 11.1 Å². The zero-order valence-electron chi connectivity index (χ0n) is 16.0. The minimum atomic E-state index is -0.518. The summed E-state index contributed by atoms with van der Waals surface area (Å²) in [5.41, 5.74) is 7.79. The fourth-order valence-electron chi connectivity index (χ4n) is 2.79. The number of nitrogens with zero attached hydrogens (tertiary/aromatic N) is 2. The summed E-state index contributed by atoms with van der Waals surface area (Å²) in [6, 6.07) is 4.93. The van der Waals surface area contributed by atoms with Gasteiger partial charge in [0.2, 0.25) is 11.8 Å². The van der Waals surface area contributed by atoms with Gasteiger partial charge in [0.1, 0.15) is 0 Å². The summed E-state index contributed by atoms with van der Waals surface area (Å²) >= 11 is 1.28. The third-order valence-electron chi connectivity index (χ3n) is 4.33. The van der Waals surface area contributed by atoms with Crippen LogP contribution in [-0.2, 0) is 22.4 Å². The van der Waals surface area contributed by atoms with E-state index in [0.717, 1.165) is 17.7 Å². The number of urea groups is 1. The van der Waals surface area contributed by atoms with Crippen LogP contribution in [0.4, 0.5) is 21.3 Å². The third-order valence-corrected chi connectivity index (χ3v) is 5.13. The first kappa shape index (κ1) is 19.8. The Balaban J connectivity index is 1.62. The van der Waals surface area contributed by atoms with Gasteiger partial charge < -0.3 is 16.4 Å². The average molecular weight is 401 g/mol. The molecule has 0 atom stereocenters. The summed E-state index contributed by atoms with van der Waals surface area (Å²) in [5, 5.41) is 7.78. The lowest BCUT2D eigenvalue weighted by Crippen LogP contribution is -2.34. The molecule has 0 fully saturated rings. The number of hydrogen-bond acceptors (Lipinski definition) is 5. The van der Waals surface area contributed by atoms with E-state index in [1.54, 1.807) is 17.5 Å². The van der Waals surface area contributed by atoms with E-state index in [9.17, 15) is 14.4 Å². The Labute approximate surface area is 167 Å². The zero-order chi connectivity index (χ0) is 20.5. The molecule has 0 bridgehead atoms. The van der Waals surface area contributed by atoms with Gasteiger partial charge in [0, 0.05) is 23.0 Å². The van der Waals surface area contributed by atoms with Crippen LogP contribution in [0.1, 0.15) is 32.0 Å². The van der Waals surface area contributed by atoms with Gasteiger partial charge in [-0.1, -0.05) is 26.8 Å². The summed E-state index contributed by atoms with van der Waals surface area (Å²) in [5.74, 6) is -0.363. The predicted molar refractivity (Wildman–Crippen MR) is 110 cm³/mol. The molecular formula is C19H23N5O3S. The minimum absolute atomic E-state index is 0.0819. The van der Waals surface area contributed by atoms with Crippen LogP contribution in [0.15, 0.2) is 23.6 Å². The van der Waals surface area contributed by atoms with E-state index in [0.29, 0.717) is 23.1 Å². The van der Waals surface area contributed by atoms with E-state index in [1.807, 2.05) is 26.8 Å². The van der Waals surface area contributed by atoms with Gasteiger partial charge in [-0.2, -0.15) is 0 Å². The molecule has 0 saturated heterocycles. The number of fused-ring (bicyclic) bond motifs is 1. The van der Waals surface area contributed by atoms with Crippen molar-refractivity contribution in [3.05, 3.63) is 34.8 Å². The van der Waals surface area contributed by atoms with Gasteiger partial charge in [-0.05, 0) is 24.1 Å². The average Bonchev–Trinajstić information content (AvgIpc) is 3.20. The van der Waals surface area contributed by atoms with E-state index >= 15 is 0 Å². The van der Waals surface area contributed by atoms with Crippen LogP contribution in [0.3, 0.4) is 0 Å². The van der Waals surface area contributed by atoms with Crippen molar-refractivity contribution in [1.29, 1.82) is 0 Å². The lowest BCUT2D eigenvalue weighted by Gasteiger charge is -2.16. The van der Waals surface area contributed by atoms with Gasteiger partial charge in [-0.3, -0.25) is 14.5 Å². The van der Waals surface area contributed by atoms with Crippen LogP contribution in [0.25, 0.3) is 0 Å². The Morgan fingerprint density at radius 3 is 2.68 bits per heavy atom. The van der Waals surface area contributed by atoms with Gasteiger partial charge in [0.05, 0.1) is 17.8 Å². The maximum absolute atomic E-state index is 12.3. The number of nitrogens with two attached hydrogens (primary N) is 1. The molecule has 0 aliphatic carbocycles. The quantitative estimate of drug-likeness (QED) is 0.730. The summed E-state index contributed by atoms with van der Waals surface area (Å²) in [6.07, 6.45) is 0.826. The van der Waals surface area contributed by atoms with Crippen molar-refractivity contribution in [3.63, 3.8) is 0 Å². The molecule has 148 valence electrons. The smallest absolute Gasteiger partial charge is 0.319 e. The number of anilines is 3. The molecular weight excluding hydrogens is 378 g/mol. The van der Waals surface area contributed by atoms with Gasteiger partial charge in [-0.15, -0.1) is 11.3 Å². The van der Waals surface area contributed by atoms with Gasteiger partial charge >= 0.3 is 6.03 Å². The van der Waals surface area contributed by atoms with Crippen molar-refractivity contribution in [3.8, 4) is 0 Å². The molecule has 1 aromatic carbocycles. The fourth-order valence-corrected chi connectivity index (χ4v) is 3.49. The Kier molecular flexibility index (Phi) is 5.37. The van der Waals surface area contributed by atoms with E-state index in [-0.39, 0.29) is 18.2 Å². The van der Waals surface area contributed by atoms with Gasteiger partial charge in [-0.25, -0.2) is 9.78 Å². The van der Waals surface area contributed by atoms with E-state index in [1.165, 1.54) is 16.2 Å². The normalized spacial score (nSPS) is 13.2. The lowest BCUT2D eigenvalue weighted by atomic mass is 9.96. The molecule has 0 unspecified atom stereocenters. The largest absolute Gasteiger partial charge is 0.351 e. The summed E-state index contributed by atoms with van der Waals surface area (Å²) in [4.78, 5) is 41.7. The monoisotopic (exact) mass is 401 g/mol. The first-order valence-electron chi connectivity index (χ1n) is 8.89. The Morgan fingerprint density at radius 2 is 2.00 bits per heavy atom. The molecule has 1 aliphatic heterocycles. The fraction of sp³-hybridized carbons (Fsp3) is 0.368. The SMILES string of the molecule is CC(C)(C)C(=O)Nc1nc(CC(=O)Nc2ccc3c(c2)N(C(N)=O)CC3)cs1. The summed E-state index contributed by atoms with van der Waals surface area (Å²) in [6.45, 7) is 6.00. The summed E-state index contributed by atoms with van der Waals surface area (Å²) < 4.78 is 0. The van der Waals surface area contributed by atoms with Crippen LogP contribution in [0.5, 0.6) is 0 Å². The first-order valence-corrected chi connectivity index (χ1v) is 9.77. The number of carbonyl (C=O) groups excluding carboxylic acids is 3. The molecule has 4 amide bonds. The Hall–Kier alpha value is -2.94. The second-order valence-electron chi connectivity index (χ2n) is 7.66. The number of rotatable bonds is 4. The molecule has 28 heavy (non-hydrogen) atoms. The molecule has 1 aliphatic rings. The second-order valence-corrected chi connectivity index (χ2v) is 8.51. The van der Waals surface area contributed by atoms with Crippen LogP contribution >= 0.6 is 11.3 Å². The van der Waals surface area contributed by atoms with Gasteiger partial charge in [0.15, 0.2) is 5.13 Å². The van der Waals surface area contributed by atoms with Crippen LogP contribution < -0.4 is 21.3 Å². The number of amides is 4. The van der Waals surface area contributed by atoms with Crippen molar-refractivity contribution < 1.29 is 14.4 Å². The van der Waals surface area contributed by atoms with Crippen LogP contribution in [0, 0.1) is 5.41 Å². The Bertz CT molecular complexity index is 932. The highest BCUT2D eigenvalue weighted by molar-refractivity contribution is 7.13. The van der Waals surface area contributed by atoms with E-state index in [4.69, 9.17) is 5.73 Å². The molecule has 2 heterocycles. The lowest BCUT2D eigenvalue weighted by molar-refractivity contribution is -0.123. The minimum Gasteiger partial charge on any atom is -0.351 e. The molecule has 9 heteroatoms. The van der Waals surface area contributed by atoms with Gasteiger partial charge in [0.25, 0.3) is 0 Å². The van der Waals surface area contributed by atoms with Crippen molar-refractivity contribution in [1.82, 2.24) is 4.98 Å². The van der Waals surface area contributed by atoms with Crippen molar-refractivity contribution >= 4 is 45.7 Å². The van der Waals surface area contributed by atoms with Crippen LogP contribution in [0.2, 0.25) is 0 Å². The number of nitrogens with one attached hydrogen (secondary N) is 2. The maximum Gasteiger partial charge on any atom is 0.319 e. The highest BCUT2D eigenvalue weighted by Gasteiger charge is 2.24. The molecule has 3 rings (SSSR count). The highest BCUT2D eigenvalue weighted by atomic mass is 32.1. The Morgan fingerprint density at radius 1 is 1.25 bits per heavy atom. The zero-order valence-corrected chi connectivity index (χ0v) is 16.9. The number of hydrogen-bond donors (Lipinski definition) is 3. The third kappa shape index (κ3) is 4.48. The molecule has 0 spiro atoms.